The average Bonchev–Trinajstić information content (AvgIpc) is 2.67. The van der Waals surface area contributed by atoms with E-state index < -0.39 is 18.3 Å². The van der Waals surface area contributed by atoms with Gasteiger partial charge in [0.1, 0.15) is 18.5 Å². The summed E-state index contributed by atoms with van der Waals surface area (Å²) >= 11 is 0. The SMILES string of the molecule is COc1ccc(N)c(C(O)C(O)CCNC(=O)OCc2ccccc2)c1. The molecular formula is C19H24N2O5. The fraction of sp³-hybridized carbons (Fsp3) is 0.316. The van der Waals surface area contributed by atoms with Crippen molar-refractivity contribution in [2.75, 3.05) is 19.4 Å². The highest BCUT2D eigenvalue weighted by atomic mass is 16.5. The molecular weight excluding hydrogens is 336 g/mol. The number of carbonyl (C=O) groups is 1. The van der Waals surface area contributed by atoms with Gasteiger partial charge in [-0.15, -0.1) is 0 Å². The van der Waals surface area contributed by atoms with Gasteiger partial charge in [-0.3, -0.25) is 0 Å². The summed E-state index contributed by atoms with van der Waals surface area (Å²) in [6, 6.07) is 14.1. The van der Waals surface area contributed by atoms with Crippen LogP contribution in [0.3, 0.4) is 0 Å². The van der Waals surface area contributed by atoms with E-state index in [-0.39, 0.29) is 19.6 Å². The van der Waals surface area contributed by atoms with E-state index in [4.69, 9.17) is 15.2 Å². The highest BCUT2D eigenvalue weighted by Crippen LogP contribution is 2.28. The van der Waals surface area contributed by atoms with Gasteiger partial charge in [-0.25, -0.2) is 4.79 Å². The molecule has 0 fully saturated rings. The third-order valence-corrected chi connectivity index (χ3v) is 3.90. The van der Waals surface area contributed by atoms with Gasteiger partial charge in [0.05, 0.1) is 13.2 Å². The monoisotopic (exact) mass is 360 g/mol. The number of hydrogen-bond acceptors (Lipinski definition) is 6. The number of nitrogens with one attached hydrogen (secondary N) is 1. The molecule has 7 nitrogen and oxygen atoms in total. The molecule has 0 bridgehead atoms. The normalized spacial score (nSPS) is 12.9. The van der Waals surface area contributed by atoms with Crippen molar-refractivity contribution in [1.82, 2.24) is 5.32 Å². The first-order valence-corrected chi connectivity index (χ1v) is 8.25. The number of ether oxygens (including phenoxy) is 2. The number of amides is 1. The maximum absolute atomic E-state index is 11.7. The smallest absolute Gasteiger partial charge is 0.407 e. The van der Waals surface area contributed by atoms with E-state index in [1.165, 1.54) is 7.11 Å². The topological polar surface area (TPSA) is 114 Å². The Morgan fingerprint density at radius 1 is 1.19 bits per heavy atom. The lowest BCUT2D eigenvalue weighted by atomic mass is 10.00. The molecule has 2 rings (SSSR count). The van der Waals surface area contributed by atoms with Gasteiger partial charge in [0, 0.05) is 17.8 Å². The number of methoxy groups -OCH3 is 1. The van der Waals surface area contributed by atoms with Crippen LogP contribution in [0.4, 0.5) is 10.5 Å². The van der Waals surface area contributed by atoms with Crippen molar-refractivity contribution in [2.45, 2.75) is 25.2 Å². The van der Waals surface area contributed by atoms with Crippen molar-refractivity contribution in [3.63, 3.8) is 0 Å². The number of nitrogen functional groups attached to an aromatic ring is 1. The third-order valence-electron chi connectivity index (χ3n) is 3.90. The lowest BCUT2D eigenvalue weighted by Gasteiger charge is -2.20. The highest BCUT2D eigenvalue weighted by Gasteiger charge is 2.21. The molecule has 5 N–H and O–H groups in total. The van der Waals surface area contributed by atoms with Crippen LogP contribution in [0.15, 0.2) is 48.5 Å². The zero-order valence-electron chi connectivity index (χ0n) is 14.6. The van der Waals surface area contributed by atoms with Crippen LogP contribution in [0.25, 0.3) is 0 Å². The van der Waals surface area contributed by atoms with Crippen LogP contribution in [0.5, 0.6) is 5.75 Å². The summed E-state index contributed by atoms with van der Waals surface area (Å²) in [5.41, 5.74) is 7.45. The van der Waals surface area contributed by atoms with E-state index in [9.17, 15) is 15.0 Å². The Bertz CT molecular complexity index is 708. The molecule has 2 atom stereocenters. The second-order valence-corrected chi connectivity index (χ2v) is 5.78. The first kappa shape index (κ1) is 19.6. The van der Waals surface area contributed by atoms with E-state index in [0.717, 1.165) is 5.56 Å². The zero-order valence-corrected chi connectivity index (χ0v) is 14.6. The number of aliphatic hydroxyl groups is 2. The van der Waals surface area contributed by atoms with Crippen molar-refractivity contribution in [2.24, 2.45) is 0 Å². The average molecular weight is 360 g/mol. The highest BCUT2D eigenvalue weighted by molar-refractivity contribution is 5.67. The molecule has 2 unspecified atom stereocenters. The fourth-order valence-electron chi connectivity index (χ4n) is 2.40. The Morgan fingerprint density at radius 3 is 2.62 bits per heavy atom. The van der Waals surface area contributed by atoms with Gasteiger partial charge >= 0.3 is 6.09 Å². The van der Waals surface area contributed by atoms with Gasteiger partial charge in [-0.05, 0) is 30.2 Å². The standard InChI is InChI=1S/C19H24N2O5/c1-25-14-7-8-16(20)15(11-14)18(23)17(22)9-10-21-19(24)26-12-13-5-3-2-4-6-13/h2-8,11,17-18,22-23H,9-10,12,20H2,1H3,(H,21,24). The van der Waals surface area contributed by atoms with Crippen molar-refractivity contribution < 1.29 is 24.5 Å². The molecule has 2 aromatic carbocycles. The predicted molar refractivity (Wildman–Crippen MR) is 97.6 cm³/mol. The minimum atomic E-state index is -1.19. The Kier molecular flexibility index (Phi) is 7.25. The van der Waals surface area contributed by atoms with Crippen LogP contribution in [-0.4, -0.2) is 36.1 Å². The van der Waals surface area contributed by atoms with Crippen LogP contribution in [0.1, 0.15) is 23.7 Å². The summed E-state index contributed by atoms with van der Waals surface area (Å²) in [4.78, 5) is 11.7. The van der Waals surface area contributed by atoms with Crippen LogP contribution < -0.4 is 15.8 Å². The van der Waals surface area contributed by atoms with Gasteiger partial charge < -0.3 is 30.7 Å². The van der Waals surface area contributed by atoms with Crippen LogP contribution >= 0.6 is 0 Å². The second kappa shape index (κ2) is 9.65. The first-order valence-electron chi connectivity index (χ1n) is 8.25. The molecule has 26 heavy (non-hydrogen) atoms. The Labute approximate surface area is 152 Å². The fourth-order valence-corrected chi connectivity index (χ4v) is 2.40. The zero-order chi connectivity index (χ0) is 18.9. The van der Waals surface area contributed by atoms with Gasteiger partial charge in [0.2, 0.25) is 0 Å². The lowest BCUT2D eigenvalue weighted by molar-refractivity contribution is 0.0139. The van der Waals surface area contributed by atoms with Gasteiger partial charge in [0.15, 0.2) is 0 Å². The van der Waals surface area contributed by atoms with Crippen molar-refractivity contribution in [1.29, 1.82) is 0 Å². The van der Waals surface area contributed by atoms with E-state index in [1.54, 1.807) is 18.2 Å². The Hall–Kier alpha value is -2.77. The summed E-state index contributed by atoms with van der Waals surface area (Å²) in [6.45, 7) is 0.313. The number of rotatable bonds is 8. The van der Waals surface area contributed by atoms with Crippen molar-refractivity contribution >= 4 is 11.8 Å². The summed E-state index contributed by atoms with van der Waals surface area (Å²) in [6.07, 6.45) is -2.74. The molecule has 0 heterocycles. The van der Waals surface area contributed by atoms with Crippen LogP contribution in [-0.2, 0) is 11.3 Å². The van der Waals surface area contributed by atoms with E-state index >= 15 is 0 Å². The predicted octanol–water partition coefficient (Wildman–Crippen LogP) is 1.99. The molecule has 140 valence electrons. The number of alkyl carbamates (subject to hydrolysis) is 1. The van der Waals surface area contributed by atoms with Crippen LogP contribution in [0.2, 0.25) is 0 Å². The maximum Gasteiger partial charge on any atom is 0.407 e. The first-order chi connectivity index (χ1) is 12.5. The minimum absolute atomic E-state index is 0.137. The summed E-state index contributed by atoms with van der Waals surface area (Å²) in [5.74, 6) is 0.531. The molecule has 0 aliphatic heterocycles. The molecule has 1 amide bonds. The summed E-state index contributed by atoms with van der Waals surface area (Å²) in [5, 5.41) is 23.0. The van der Waals surface area contributed by atoms with E-state index in [1.807, 2.05) is 30.3 Å². The Balaban J connectivity index is 1.77. The van der Waals surface area contributed by atoms with Gasteiger partial charge in [0.25, 0.3) is 0 Å². The number of anilines is 1. The largest absolute Gasteiger partial charge is 0.497 e. The quantitative estimate of drug-likeness (QED) is 0.535. The van der Waals surface area contributed by atoms with Crippen molar-refractivity contribution in [3.05, 3.63) is 59.7 Å². The molecule has 0 radical (unpaired) electrons. The molecule has 0 aliphatic rings. The Morgan fingerprint density at radius 2 is 1.92 bits per heavy atom. The van der Waals surface area contributed by atoms with E-state index in [0.29, 0.717) is 17.0 Å². The van der Waals surface area contributed by atoms with Gasteiger partial charge in [-0.2, -0.15) is 0 Å². The van der Waals surface area contributed by atoms with Gasteiger partial charge in [-0.1, -0.05) is 30.3 Å². The molecule has 0 aromatic heterocycles. The van der Waals surface area contributed by atoms with Crippen molar-refractivity contribution in [3.8, 4) is 5.75 Å². The third kappa shape index (κ3) is 5.65. The number of hydrogen-bond donors (Lipinski definition) is 4. The second-order valence-electron chi connectivity index (χ2n) is 5.78. The number of carbonyl (C=O) groups excluding carboxylic acids is 1. The molecule has 7 heteroatoms. The molecule has 0 spiro atoms. The molecule has 0 saturated heterocycles. The summed E-state index contributed by atoms with van der Waals surface area (Å²) < 4.78 is 10.2. The molecule has 2 aromatic rings. The maximum atomic E-state index is 11.7. The number of benzene rings is 2. The number of aliphatic hydroxyl groups excluding tert-OH is 2. The molecule has 0 aliphatic carbocycles. The minimum Gasteiger partial charge on any atom is -0.497 e. The van der Waals surface area contributed by atoms with E-state index in [2.05, 4.69) is 5.32 Å². The molecule has 0 saturated carbocycles. The van der Waals surface area contributed by atoms with Crippen LogP contribution in [0, 0.1) is 0 Å². The summed E-state index contributed by atoms with van der Waals surface area (Å²) in [7, 11) is 1.50. The lowest BCUT2D eigenvalue weighted by Crippen LogP contribution is -2.30. The number of nitrogens with two attached hydrogens (primary N) is 1.